The Morgan fingerprint density at radius 3 is 1.89 bits per heavy atom. The fourth-order valence-corrected chi connectivity index (χ4v) is 7.88. The van der Waals surface area contributed by atoms with Crippen LogP contribution in [0.3, 0.4) is 0 Å². The highest BCUT2D eigenvalue weighted by atomic mass is 32.2. The molecule has 12 heteroatoms. The van der Waals surface area contributed by atoms with Crippen LogP contribution in [0.5, 0.6) is 5.75 Å². The van der Waals surface area contributed by atoms with E-state index in [0.717, 1.165) is 40.0 Å². The number of hydrogen-bond donors (Lipinski definition) is 1. The molecule has 1 saturated heterocycles. The predicted molar refractivity (Wildman–Crippen MR) is 176 cm³/mol. The van der Waals surface area contributed by atoms with Crippen LogP contribution in [0.15, 0.2) is 75.4 Å². The molecule has 0 aliphatic carbocycles. The fourth-order valence-electron chi connectivity index (χ4n) is 5.17. The van der Waals surface area contributed by atoms with Gasteiger partial charge in [0.15, 0.2) is 20.5 Å². The Morgan fingerprint density at radius 2 is 1.43 bits per heavy atom. The van der Waals surface area contributed by atoms with Gasteiger partial charge in [0.05, 0.1) is 24.1 Å². The molecule has 2 unspecified atom stereocenters. The molecule has 0 bridgehead atoms. The van der Waals surface area contributed by atoms with Crippen LogP contribution in [0.25, 0.3) is 0 Å². The van der Waals surface area contributed by atoms with Gasteiger partial charge in [-0.2, -0.15) is 17.2 Å². The van der Waals surface area contributed by atoms with Crippen molar-refractivity contribution in [2.45, 2.75) is 98.6 Å². The van der Waals surface area contributed by atoms with Gasteiger partial charge in [-0.05, 0) is 99.0 Å². The first-order valence-electron chi connectivity index (χ1n) is 15.3. The molecule has 1 aliphatic rings. The molecule has 0 radical (unpaired) electrons. The molecule has 1 fully saturated rings. The van der Waals surface area contributed by atoms with Crippen molar-refractivity contribution in [3.05, 3.63) is 82.9 Å². The van der Waals surface area contributed by atoms with Crippen LogP contribution in [-0.2, 0) is 51.2 Å². The first-order valence-corrected chi connectivity index (χ1v) is 18.0. The van der Waals surface area contributed by atoms with Gasteiger partial charge in [-0.3, -0.25) is 4.55 Å². The lowest BCUT2D eigenvalue weighted by atomic mass is 9.87. The zero-order valence-corrected chi connectivity index (χ0v) is 29.4. The highest BCUT2D eigenvalue weighted by Crippen LogP contribution is 2.38. The average molecular weight is 694 g/mol. The zero-order chi connectivity index (χ0) is 34.8. The van der Waals surface area contributed by atoms with Crippen molar-refractivity contribution in [3.63, 3.8) is 0 Å². The summed E-state index contributed by atoms with van der Waals surface area (Å²) in [5.41, 5.74) is 3.39. The molecule has 3 aromatic rings. The minimum Gasteiger partial charge on any atom is -0.424 e. The number of halogens is 2. The molecule has 256 valence electrons. The summed E-state index contributed by atoms with van der Waals surface area (Å²) in [5.74, 6) is -1.58. The molecule has 2 atom stereocenters. The van der Waals surface area contributed by atoms with E-state index in [-0.39, 0.29) is 11.2 Å². The van der Waals surface area contributed by atoms with E-state index in [2.05, 4.69) is 57.2 Å². The van der Waals surface area contributed by atoms with Gasteiger partial charge in [-0.15, -0.1) is 0 Å². The molecule has 0 spiro atoms. The number of carbonyl (C=O) groups is 1. The number of rotatable bonds is 10. The molecule has 0 amide bonds. The standard InChI is InChI=1S/C35H42F2O8S2/c1-23-20-30(21-24(2)32(23)45-31(38)22-42-25(3)35(36,37)47(39,40)41)46(28-14-10-26(11-15-28)33(4,5)6)29-16-12-27(13-17-29)34(7)43-18-8-9-19-44-34/h10-17,20-21,25H,8-9,18-19,22H2,1-7H3/p+1. The quantitative estimate of drug-likeness (QED) is 0.101. The highest BCUT2D eigenvalue weighted by Gasteiger charge is 2.50. The number of aryl methyl sites for hydroxylation is 2. The normalized spacial score (nSPS) is 17.1. The minimum absolute atomic E-state index is 0.0185. The maximum Gasteiger partial charge on any atom is 0.394 e. The summed E-state index contributed by atoms with van der Waals surface area (Å²) in [5, 5.41) is -4.59. The molecule has 1 N–H and O–H groups in total. The molecule has 1 heterocycles. The fraction of sp³-hybridized carbons (Fsp3) is 0.457. The van der Waals surface area contributed by atoms with Gasteiger partial charge >= 0.3 is 21.3 Å². The molecule has 3 aromatic carbocycles. The second-order valence-electron chi connectivity index (χ2n) is 12.8. The SMILES string of the molecule is Cc1cc([S+](c2ccc(C(C)(C)C)cc2)c2ccc(C3(C)OCCCCO3)cc2)cc(C)c1OC(=O)COC(C)C(F)(F)S(=O)(=O)O. The van der Waals surface area contributed by atoms with Crippen LogP contribution in [0, 0.1) is 13.8 Å². The zero-order valence-electron chi connectivity index (χ0n) is 27.8. The van der Waals surface area contributed by atoms with Crippen molar-refractivity contribution >= 4 is 27.0 Å². The number of carbonyl (C=O) groups excluding carboxylic acids is 1. The number of esters is 1. The lowest BCUT2D eigenvalue weighted by molar-refractivity contribution is -0.221. The summed E-state index contributed by atoms with van der Waals surface area (Å²) in [6.07, 6.45) is -0.389. The monoisotopic (exact) mass is 693 g/mol. The Bertz CT molecular complexity index is 1640. The first-order chi connectivity index (χ1) is 21.8. The first kappa shape index (κ1) is 37.0. The minimum atomic E-state index is -5.73. The van der Waals surface area contributed by atoms with Crippen molar-refractivity contribution in [1.82, 2.24) is 0 Å². The molecule has 47 heavy (non-hydrogen) atoms. The van der Waals surface area contributed by atoms with Crippen LogP contribution in [0.4, 0.5) is 8.78 Å². The van der Waals surface area contributed by atoms with Crippen molar-refractivity contribution in [2.24, 2.45) is 0 Å². The molecular formula is C35H43F2O8S2+. The van der Waals surface area contributed by atoms with Crippen LogP contribution >= 0.6 is 0 Å². The summed E-state index contributed by atoms with van der Waals surface area (Å²) in [4.78, 5) is 15.7. The maximum atomic E-state index is 13.8. The van der Waals surface area contributed by atoms with Crippen LogP contribution in [0.1, 0.15) is 69.7 Å². The van der Waals surface area contributed by atoms with Crippen molar-refractivity contribution in [2.75, 3.05) is 19.8 Å². The molecule has 1 aliphatic heterocycles. The van der Waals surface area contributed by atoms with Gasteiger partial charge in [-0.25, -0.2) is 4.79 Å². The van der Waals surface area contributed by atoms with E-state index in [0.29, 0.717) is 24.3 Å². The topological polar surface area (TPSA) is 108 Å². The van der Waals surface area contributed by atoms with Crippen molar-refractivity contribution in [3.8, 4) is 5.75 Å². The number of alkyl halides is 2. The average Bonchev–Trinajstić information content (AvgIpc) is 3.22. The predicted octanol–water partition coefficient (Wildman–Crippen LogP) is 7.49. The maximum absolute atomic E-state index is 13.8. The summed E-state index contributed by atoms with van der Waals surface area (Å²) in [6, 6.07) is 20.6. The van der Waals surface area contributed by atoms with E-state index in [1.54, 1.807) is 13.8 Å². The van der Waals surface area contributed by atoms with E-state index in [1.807, 2.05) is 31.2 Å². The van der Waals surface area contributed by atoms with E-state index >= 15 is 0 Å². The second-order valence-corrected chi connectivity index (χ2v) is 16.3. The third-order valence-electron chi connectivity index (χ3n) is 8.02. The van der Waals surface area contributed by atoms with Gasteiger partial charge in [0.2, 0.25) is 0 Å². The summed E-state index contributed by atoms with van der Waals surface area (Å²) < 4.78 is 80.8. The third kappa shape index (κ3) is 8.60. The van der Waals surface area contributed by atoms with Gasteiger partial charge in [0, 0.05) is 17.7 Å². The van der Waals surface area contributed by atoms with Gasteiger partial charge < -0.3 is 18.9 Å². The summed E-state index contributed by atoms with van der Waals surface area (Å²) in [7, 11) is -6.29. The van der Waals surface area contributed by atoms with Gasteiger partial charge in [0.25, 0.3) is 0 Å². The lowest BCUT2D eigenvalue weighted by Crippen LogP contribution is -2.42. The molecule has 8 nitrogen and oxygen atoms in total. The Hall–Kier alpha value is -2.87. The molecule has 0 aromatic heterocycles. The van der Waals surface area contributed by atoms with Crippen molar-refractivity contribution in [1.29, 1.82) is 0 Å². The summed E-state index contributed by atoms with van der Waals surface area (Å²) in [6.45, 7) is 13.0. The van der Waals surface area contributed by atoms with Crippen molar-refractivity contribution < 1.29 is 45.5 Å². The Labute approximate surface area is 278 Å². The van der Waals surface area contributed by atoms with Crippen LogP contribution < -0.4 is 4.74 Å². The van der Waals surface area contributed by atoms with Gasteiger partial charge in [-0.1, -0.05) is 32.9 Å². The molecular weight excluding hydrogens is 651 g/mol. The number of hydrogen-bond acceptors (Lipinski definition) is 7. The highest BCUT2D eigenvalue weighted by molar-refractivity contribution is 7.97. The van der Waals surface area contributed by atoms with E-state index in [9.17, 15) is 22.0 Å². The Kier molecular flexibility index (Phi) is 11.3. The van der Waals surface area contributed by atoms with E-state index in [4.69, 9.17) is 23.5 Å². The number of ether oxygens (including phenoxy) is 4. The van der Waals surface area contributed by atoms with Crippen LogP contribution in [-0.4, -0.2) is 50.1 Å². The van der Waals surface area contributed by atoms with E-state index in [1.165, 1.54) is 5.56 Å². The molecule has 4 rings (SSSR count). The Morgan fingerprint density at radius 1 is 0.936 bits per heavy atom. The molecule has 0 saturated carbocycles. The van der Waals surface area contributed by atoms with Crippen LogP contribution in [0.2, 0.25) is 0 Å². The number of benzene rings is 3. The third-order valence-corrected chi connectivity index (χ3v) is 11.2. The Balaban J connectivity index is 1.65. The lowest BCUT2D eigenvalue weighted by Gasteiger charge is -2.28. The largest absolute Gasteiger partial charge is 0.424 e. The summed E-state index contributed by atoms with van der Waals surface area (Å²) >= 11 is 0. The second kappa shape index (κ2) is 14.3. The van der Waals surface area contributed by atoms with E-state index < -0.39 is 50.7 Å². The van der Waals surface area contributed by atoms with Gasteiger partial charge in [0.1, 0.15) is 18.5 Å². The smallest absolute Gasteiger partial charge is 0.394 e.